The first kappa shape index (κ1) is 16.3. The summed E-state index contributed by atoms with van der Waals surface area (Å²) in [5.41, 5.74) is 1.66. The van der Waals surface area contributed by atoms with Crippen molar-refractivity contribution in [2.24, 2.45) is 0 Å². The van der Waals surface area contributed by atoms with Crippen molar-refractivity contribution in [1.29, 1.82) is 0 Å². The molecule has 8 nitrogen and oxygen atoms in total. The Morgan fingerprint density at radius 1 is 1.39 bits per heavy atom. The molecule has 8 heteroatoms. The summed E-state index contributed by atoms with van der Waals surface area (Å²) in [7, 11) is 1.61. The number of anilines is 1. The highest BCUT2D eigenvalue weighted by Crippen LogP contribution is 2.23. The summed E-state index contributed by atoms with van der Waals surface area (Å²) >= 11 is 0. The molecule has 23 heavy (non-hydrogen) atoms. The molecule has 1 aromatic heterocycles. The van der Waals surface area contributed by atoms with Gasteiger partial charge in [0.05, 0.1) is 23.4 Å². The summed E-state index contributed by atoms with van der Waals surface area (Å²) in [5, 5.41) is 13.7. The lowest BCUT2D eigenvalue weighted by Crippen LogP contribution is -2.31. The number of nitrogens with zero attached hydrogens (tertiary/aromatic N) is 4. The van der Waals surface area contributed by atoms with Crippen LogP contribution in [0.25, 0.3) is 0 Å². The van der Waals surface area contributed by atoms with E-state index in [0.717, 1.165) is 0 Å². The molecule has 0 bridgehead atoms. The van der Waals surface area contributed by atoms with Crippen LogP contribution in [0.3, 0.4) is 0 Å². The van der Waals surface area contributed by atoms with Gasteiger partial charge in [-0.05, 0) is 12.5 Å². The van der Waals surface area contributed by atoms with Crippen molar-refractivity contribution < 1.29 is 9.72 Å². The molecule has 0 aliphatic heterocycles. The standard InChI is InChI=1S/C15H17N5O3/c1-3-11-4-5-12(8-14(11)20(22)23)18-15(21)19(2)10-13-9-16-6-7-17-13/h4-9H,3,10H2,1-2H3,(H,18,21). The number of carbonyl (C=O) groups excluding carboxylic acids is 1. The third kappa shape index (κ3) is 4.22. The van der Waals surface area contributed by atoms with Crippen LogP contribution in [0.5, 0.6) is 0 Å². The van der Waals surface area contributed by atoms with Gasteiger partial charge in [0.2, 0.25) is 0 Å². The second kappa shape index (κ2) is 7.30. The summed E-state index contributed by atoms with van der Waals surface area (Å²) in [6.45, 7) is 2.13. The Bertz CT molecular complexity index is 706. The van der Waals surface area contributed by atoms with Gasteiger partial charge in [0.15, 0.2) is 0 Å². The van der Waals surface area contributed by atoms with Crippen molar-refractivity contribution in [2.45, 2.75) is 19.9 Å². The molecule has 0 aliphatic carbocycles. The Kier molecular flexibility index (Phi) is 5.19. The van der Waals surface area contributed by atoms with Gasteiger partial charge in [-0.25, -0.2) is 4.79 Å². The number of hydrogen-bond acceptors (Lipinski definition) is 5. The average molecular weight is 315 g/mol. The summed E-state index contributed by atoms with van der Waals surface area (Å²) in [4.78, 5) is 32.2. The number of aromatic nitrogens is 2. The smallest absolute Gasteiger partial charge is 0.321 e. The number of urea groups is 1. The van der Waals surface area contributed by atoms with E-state index < -0.39 is 4.92 Å². The molecule has 1 heterocycles. The maximum Gasteiger partial charge on any atom is 0.321 e. The lowest BCUT2D eigenvalue weighted by atomic mass is 10.1. The van der Waals surface area contributed by atoms with E-state index in [9.17, 15) is 14.9 Å². The molecule has 2 aromatic rings. The summed E-state index contributed by atoms with van der Waals surface area (Å²) in [6.07, 6.45) is 5.23. The molecule has 0 unspecified atom stereocenters. The zero-order chi connectivity index (χ0) is 16.8. The molecule has 0 saturated heterocycles. The van der Waals surface area contributed by atoms with Gasteiger partial charge >= 0.3 is 6.03 Å². The minimum absolute atomic E-state index is 0.00174. The first-order chi connectivity index (χ1) is 11.0. The number of carbonyl (C=O) groups is 1. The topological polar surface area (TPSA) is 101 Å². The van der Waals surface area contributed by atoms with Gasteiger partial charge in [0.1, 0.15) is 0 Å². The van der Waals surface area contributed by atoms with E-state index in [1.807, 2.05) is 6.92 Å². The summed E-state index contributed by atoms with van der Waals surface area (Å²) in [6, 6.07) is 4.29. The van der Waals surface area contributed by atoms with Crippen LogP contribution in [0.2, 0.25) is 0 Å². The second-order valence-electron chi connectivity index (χ2n) is 4.94. The Balaban J connectivity index is 2.07. The molecule has 1 N–H and O–H groups in total. The van der Waals surface area contributed by atoms with E-state index in [1.165, 1.54) is 11.0 Å². The zero-order valence-corrected chi connectivity index (χ0v) is 12.9. The second-order valence-corrected chi connectivity index (χ2v) is 4.94. The molecule has 2 amide bonds. The molecule has 0 fully saturated rings. The lowest BCUT2D eigenvalue weighted by Gasteiger charge is -2.17. The van der Waals surface area contributed by atoms with Crippen molar-refractivity contribution in [1.82, 2.24) is 14.9 Å². The highest BCUT2D eigenvalue weighted by molar-refractivity contribution is 5.89. The highest BCUT2D eigenvalue weighted by Gasteiger charge is 2.15. The number of nitrogens with one attached hydrogen (secondary N) is 1. The van der Waals surface area contributed by atoms with Crippen LogP contribution in [0, 0.1) is 10.1 Å². The van der Waals surface area contributed by atoms with Gasteiger partial charge in [-0.2, -0.15) is 0 Å². The van der Waals surface area contributed by atoms with Crippen molar-refractivity contribution in [3.63, 3.8) is 0 Å². The highest BCUT2D eigenvalue weighted by atomic mass is 16.6. The van der Waals surface area contributed by atoms with Gasteiger partial charge in [0, 0.05) is 36.8 Å². The van der Waals surface area contributed by atoms with E-state index in [0.29, 0.717) is 23.4 Å². The summed E-state index contributed by atoms with van der Waals surface area (Å²) < 4.78 is 0. The van der Waals surface area contributed by atoms with E-state index in [4.69, 9.17) is 0 Å². The Hall–Kier alpha value is -3.03. The van der Waals surface area contributed by atoms with Gasteiger partial charge in [0.25, 0.3) is 5.69 Å². The predicted molar refractivity (Wildman–Crippen MR) is 85.0 cm³/mol. The van der Waals surface area contributed by atoms with Crippen LogP contribution >= 0.6 is 0 Å². The van der Waals surface area contributed by atoms with Crippen LogP contribution < -0.4 is 5.32 Å². The normalized spacial score (nSPS) is 10.2. The molecule has 0 radical (unpaired) electrons. The molecule has 0 aliphatic rings. The number of benzene rings is 1. The minimum atomic E-state index is -0.447. The number of amides is 2. The van der Waals surface area contributed by atoms with Gasteiger partial charge in [-0.1, -0.05) is 13.0 Å². The Morgan fingerprint density at radius 2 is 2.17 bits per heavy atom. The first-order valence-electron chi connectivity index (χ1n) is 7.05. The van der Waals surface area contributed by atoms with E-state index in [2.05, 4.69) is 15.3 Å². The Morgan fingerprint density at radius 3 is 2.78 bits per heavy atom. The van der Waals surface area contributed by atoms with Crippen molar-refractivity contribution in [3.8, 4) is 0 Å². The van der Waals surface area contributed by atoms with E-state index in [-0.39, 0.29) is 18.3 Å². The fraction of sp³-hybridized carbons (Fsp3) is 0.267. The van der Waals surface area contributed by atoms with Crippen LogP contribution in [0.4, 0.5) is 16.2 Å². The summed E-state index contributed by atoms with van der Waals surface area (Å²) in [5.74, 6) is 0. The maximum atomic E-state index is 12.1. The molecule has 0 atom stereocenters. The predicted octanol–water partition coefficient (Wildman–Crippen LogP) is 2.61. The molecular formula is C15H17N5O3. The molecule has 0 saturated carbocycles. The zero-order valence-electron chi connectivity index (χ0n) is 12.9. The Labute approximate surface area is 133 Å². The van der Waals surface area contributed by atoms with E-state index in [1.54, 1.807) is 37.8 Å². The molecule has 120 valence electrons. The molecule has 1 aromatic carbocycles. The van der Waals surface area contributed by atoms with E-state index >= 15 is 0 Å². The SMILES string of the molecule is CCc1ccc(NC(=O)N(C)Cc2cnccn2)cc1[N+](=O)[O-]. The van der Waals surface area contributed by atoms with Crippen LogP contribution in [-0.2, 0) is 13.0 Å². The third-order valence-corrected chi connectivity index (χ3v) is 3.28. The third-order valence-electron chi connectivity index (χ3n) is 3.28. The van der Waals surface area contributed by atoms with Crippen molar-refractivity contribution in [2.75, 3.05) is 12.4 Å². The lowest BCUT2D eigenvalue weighted by molar-refractivity contribution is -0.385. The number of nitro benzene ring substituents is 1. The number of nitro groups is 1. The molecular weight excluding hydrogens is 298 g/mol. The van der Waals surface area contributed by atoms with Crippen LogP contribution in [0.1, 0.15) is 18.2 Å². The first-order valence-corrected chi connectivity index (χ1v) is 7.05. The number of hydrogen-bond donors (Lipinski definition) is 1. The minimum Gasteiger partial charge on any atom is -0.322 e. The fourth-order valence-corrected chi connectivity index (χ4v) is 2.06. The van der Waals surface area contributed by atoms with Gasteiger partial charge in [-0.3, -0.25) is 20.1 Å². The van der Waals surface area contributed by atoms with Crippen LogP contribution in [-0.4, -0.2) is 32.9 Å². The average Bonchev–Trinajstić information content (AvgIpc) is 2.55. The van der Waals surface area contributed by atoms with Crippen LogP contribution in [0.15, 0.2) is 36.8 Å². The fourth-order valence-electron chi connectivity index (χ4n) is 2.06. The van der Waals surface area contributed by atoms with Crippen molar-refractivity contribution >= 4 is 17.4 Å². The number of aryl methyl sites for hydroxylation is 1. The quantitative estimate of drug-likeness (QED) is 0.675. The number of rotatable bonds is 5. The largest absolute Gasteiger partial charge is 0.322 e. The molecule has 2 rings (SSSR count). The van der Waals surface area contributed by atoms with Crippen molar-refractivity contribution in [3.05, 3.63) is 58.2 Å². The maximum absolute atomic E-state index is 12.1. The van der Waals surface area contributed by atoms with Gasteiger partial charge in [-0.15, -0.1) is 0 Å². The van der Waals surface area contributed by atoms with Gasteiger partial charge < -0.3 is 10.2 Å². The molecule has 0 spiro atoms. The monoisotopic (exact) mass is 315 g/mol.